The summed E-state index contributed by atoms with van der Waals surface area (Å²) in [5.41, 5.74) is 0.822. The lowest BCUT2D eigenvalue weighted by molar-refractivity contribution is -0.137. The molecule has 2 N–H and O–H groups in total. The van der Waals surface area contributed by atoms with Crippen LogP contribution in [0.4, 0.5) is 32.4 Å². The second kappa shape index (κ2) is 12.0. The molecule has 0 aliphatic heterocycles. The Hall–Kier alpha value is -3.13. The SMILES string of the molecule is O=C(NCCCCCC(c1ccc(F)cc1)c1ccc(F)cc1)Nc1ccc(Cl)c(C(F)(F)F)c1. The van der Waals surface area contributed by atoms with E-state index in [0.29, 0.717) is 13.0 Å². The van der Waals surface area contributed by atoms with E-state index in [-0.39, 0.29) is 23.2 Å². The van der Waals surface area contributed by atoms with Crippen molar-refractivity contribution >= 4 is 23.3 Å². The van der Waals surface area contributed by atoms with Crippen LogP contribution in [0.15, 0.2) is 66.7 Å². The van der Waals surface area contributed by atoms with Gasteiger partial charge in [0.2, 0.25) is 0 Å². The average Bonchev–Trinajstić information content (AvgIpc) is 2.81. The molecule has 0 aliphatic rings. The van der Waals surface area contributed by atoms with E-state index in [2.05, 4.69) is 10.6 Å². The van der Waals surface area contributed by atoms with Crippen molar-refractivity contribution in [1.29, 1.82) is 0 Å². The van der Waals surface area contributed by atoms with E-state index in [1.807, 2.05) is 0 Å². The first kappa shape index (κ1) is 26.5. The second-order valence-corrected chi connectivity index (χ2v) is 8.49. The number of urea groups is 1. The minimum atomic E-state index is -4.62. The van der Waals surface area contributed by atoms with Crippen LogP contribution in [-0.4, -0.2) is 12.6 Å². The van der Waals surface area contributed by atoms with E-state index in [1.165, 1.54) is 30.3 Å². The number of hydrogen-bond acceptors (Lipinski definition) is 1. The molecule has 35 heavy (non-hydrogen) atoms. The molecule has 0 saturated carbocycles. The van der Waals surface area contributed by atoms with Crippen LogP contribution in [-0.2, 0) is 6.18 Å². The van der Waals surface area contributed by atoms with Crippen LogP contribution >= 0.6 is 11.6 Å². The quantitative estimate of drug-likeness (QED) is 0.221. The highest BCUT2D eigenvalue weighted by atomic mass is 35.5. The number of unbranched alkanes of at least 4 members (excludes halogenated alkanes) is 2. The largest absolute Gasteiger partial charge is 0.417 e. The molecular formula is C26H24ClF5N2O. The summed E-state index contributed by atoms with van der Waals surface area (Å²) in [7, 11) is 0. The van der Waals surface area contributed by atoms with Crippen LogP contribution in [0.5, 0.6) is 0 Å². The fourth-order valence-electron chi connectivity index (χ4n) is 3.76. The highest BCUT2D eigenvalue weighted by Crippen LogP contribution is 2.36. The minimum Gasteiger partial charge on any atom is -0.338 e. The van der Waals surface area contributed by atoms with E-state index in [1.54, 1.807) is 24.3 Å². The Kier molecular flexibility index (Phi) is 9.09. The van der Waals surface area contributed by atoms with Crippen LogP contribution in [0.3, 0.4) is 0 Å². The van der Waals surface area contributed by atoms with Crippen LogP contribution in [0.2, 0.25) is 5.02 Å². The van der Waals surface area contributed by atoms with Gasteiger partial charge < -0.3 is 10.6 Å². The molecule has 3 aromatic rings. The number of anilines is 1. The molecule has 3 aromatic carbocycles. The summed E-state index contributed by atoms with van der Waals surface area (Å²) in [6.07, 6.45) is -1.64. The van der Waals surface area contributed by atoms with Gasteiger partial charge in [0, 0.05) is 18.2 Å². The molecule has 0 aromatic heterocycles. The zero-order valence-corrected chi connectivity index (χ0v) is 19.4. The number of rotatable bonds is 9. The second-order valence-electron chi connectivity index (χ2n) is 8.08. The summed E-state index contributed by atoms with van der Waals surface area (Å²) in [6, 6.07) is 15.0. The summed E-state index contributed by atoms with van der Waals surface area (Å²) >= 11 is 5.58. The lowest BCUT2D eigenvalue weighted by atomic mass is 9.87. The monoisotopic (exact) mass is 510 g/mol. The molecule has 0 radical (unpaired) electrons. The van der Waals surface area contributed by atoms with Crippen molar-refractivity contribution in [3.05, 3.63) is 100 Å². The molecule has 3 rings (SSSR count). The zero-order valence-electron chi connectivity index (χ0n) is 18.6. The van der Waals surface area contributed by atoms with Crippen LogP contribution < -0.4 is 10.6 Å². The number of halogens is 6. The van der Waals surface area contributed by atoms with Gasteiger partial charge in [0.05, 0.1) is 10.6 Å². The molecule has 0 heterocycles. The first-order valence-corrected chi connectivity index (χ1v) is 11.4. The zero-order chi connectivity index (χ0) is 25.4. The Morgan fingerprint density at radius 3 is 1.94 bits per heavy atom. The Morgan fingerprint density at radius 2 is 1.40 bits per heavy atom. The molecule has 2 amide bonds. The lowest BCUT2D eigenvalue weighted by Gasteiger charge is -2.18. The van der Waals surface area contributed by atoms with Gasteiger partial charge in [-0.2, -0.15) is 13.2 Å². The van der Waals surface area contributed by atoms with Gasteiger partial charge in [-0.25, -0.2) is 13.6 Å². The molecule has 0 saturated heterocycles. The predicted molar refractivity (Wildman–Crippen MR) is 127 cm³/mol. The summed E-state index contributed by atoms with van der Waals surface area (Å²) in [6.45, 7) is 0.337. The van der Waals surface area contributed by atoms with Crippen LogP contribution in [0.25, 0.3) is 0 Å². The molecule has 0 atom stereocenters. The predicted octanol–water partition coefficient (Wildman–Crippen LogP) is 8.15. The van der Waals surface area contributed by atoms with Crippen molar-refractivity contribution in [2.75, 3.05) is 11.9 Å². The van der Waals surface area contributed by atoms with E-state index >= 15 is 0 Å². The Bertz CT molecular complexity index is 1070. The molecule has 0 spiro atoms. The third-order valence-corrected chi connectivity index (χ3v) is 5.86. The third kappa shape index (κ3) is 7.96. The van der Waals surface area contributed by atoms with Gasteiger partial charge in [-0.15, -0.1) is 0 Å². The number of benzene rings is 3. The molecule has 3 nitrogen and oxygen atoms in total. The highest BCUT2D eigenvalue weighted by Gasteiger charge is 2.33. The number of carbonyl (C=O) groups excluding carboxylic acids is 1. The molecule has 0 fully saturated rings. The molecule has 0 aliphatic carbocycles. The molecule has 9 heteroatoms. The van der Waals surface area contributed by atoms with Crippen molar-refractivity contribution in [2.24, 2.45) is 0 Å². The lowest BCUT2D eigenvalue weighted by Crippen LogP contribution is -2.29. The fraction of sp³-hybridized carbons (Fsp3) is 0.269. The van der Waals surface area contributed by atoms with Crippen molar-refractivity contribution in [2.45, 2.75) is 37.8 Å². The van der Waals surface area contributed by atoms with Crippen molar-refractivity contribution in [1.82, 2.24) is 5.32 Å². The van der Waals surface area contributed by atoms with Crippen LogP contribution in [0.1, 0.15) is 48.3 Å². The first-order chi connectivity index (χ1) is 16.6. The standard InChI is InChI=1S/C26H24ClF5N2O/c27-24-14-13-21(16-23(24)26(30,31)32)34-25(35)33-15-3-1-2-4-22(17-5-9-19(28)10-6-17)18-7-11-20(29)12-8-18/h5-14,16,22H,1-4,15H2,(H2,33,34,35). The molecule has 0 unspecified atom stereocenters. The number of carbonyl (C=O) groups is 1. The maximum Gasteiger partial charge on any atom is 0.417 e. The summed E-state index contributed by atoms with van der Waals surface area (Å²) in [4.78, 5) is 12.0. The number of alkyl halides is 3. The van der Waals surface area contributed by atoms with Gasteiger partial charge in [0.25, 0.3) is 0 Å². The van der Waals surface area contributed by atoms with Gasteiger partial charge in [-0.3, -0.25) is 0 Å². The van der Waals surface area contributed by atoms with E-state index in [0.717, 1.165) is 42.5 Å². The smallest absolute Gasteiger partial charge is 0.338 e. The summed E-state index contributed by atoms with van der Waals surface area (Å²) in [5, 5.41) is 4.55. The minimum absolute atomic E-state index is 0.0133. The van der Waals surface area contributed by atoms with Gasteiger partial charge in [-0.05, 0) is 66.4 Å². The number of nitrogens with one attached hydrogen (secondary N) is 2. The van der Waals surface area contributed by atoms with Gasteiger partial charge in [-0.1, -0.05) is 48.7 Å². The number of amides is 2. The normalized spacial score (nSPS) is 11.5. The van der Waals surface area contributed by atoms with Gasteiger partial charge in [0.15, 0.2) is 0 Å². The average molecular weight is 511 g/mol. The Balaban J connectivity index is 1.47. The van der Waals surface area contributed by atoms with E-state index < -0.39 is 22.8 Å². The molecule has 0 bridgehead atoms. The topological polar surface area (TPSA) is 41.1 Å². The molecular weight excluding hydrogens is 487 g/mol. The summed E-state index contributed by atoms with van der Waals surface area (Å²) in [5.74, 6) is -0.687. The van der Waals surface area contributed by atoms with Crippen molar-refractivity contribution in [3.63, 3.8) is 0 Å². The van der Waals surface area contributed by atoms with Crippen LogP contribution in [0, 0.1) is 11.6 Å². The third-order valence-electron chi connectivity index (χ3n) is 5.53. The van der Waals surface area contributed by atoms with Gasteiger partial charge >= 0.3 is 12.2 Å². The van der Waals surface area contributed by atoms with E-state index in [9.17, 15) is 26.7 Å². The van der Waals surface area contributed by atoms with E-state index in [4.69, 9.17) is 11.6 Å². The maximum absolute atomic E-state index is 13.3. The Morgan fingerprint density at radius 1 is 0.829 bits per heavy atom. The van der Waals surface area contributed by atoms with Crippen molar-refractivity contribution in [3.8, 4) is 0 Å². The maximum atomic E-state index is 13.3. The summed E-state index contributed by atoms with van der Waals surface area (Å²) < 4.78 is 65.5. The number of hydrogen-bond donors (Lipinski definition) is 2. The highest BCUT2D eigenvalue weighted by molar-refractivity contribution is 6.31. The Labute approximate surface area is 205 Å². The first-order valence-electron chi connectivity index (χ1n) is 11.1. The molecule has 186 valence electrons. The van der Waals surface area contributed by atoms with Gasteiger partial charge in [0.1, 0.15) is 11.6 Å². The fourth-order valence-corrected chi connectivity index (χ4v) is 3.99. The van der Waals surface area contributed by atoms with Crippen molar-refractivity contribution < 1.29 is 26.7 Å².